The van der Waals surface area contributed by atoms with E-state index in [0.717, 1.165) is 13.1 Å². The Labute approximate surface area is 97.2 Å². The molecule has 14 heavy (non-hydrogen) atoms. The first-order valence-corrected chi connectivity index (χ1v) is 6.11. The Balaban J connectivity index is 2.37. The van der Waals surface area contributed by atoms with Crippen molar-refractivity contribution in [2.24, 2.45) is 11.5 Å². The molecular weight excluding hydrogens is 262 g/mol. The van der Waals surface area contributed by atoms with Crippen molar-refractivity contribution in [3.8, 4) is 0 Å². The maximum absolute atomic E-state index is 5.76. The lowest BCUT2D eigenvalue weighted by molar-refractivity contribution is 0.308. The van der Waals surface area contributed by atoms with Crippen molar-refractivity contribution in [2.45, 2.75) is 12.6 Å². The summed E-state index contributed by atoms with van der Waals surface area (Å²) in [4.78, 5) is 3.53. The Morgan fingerprint density at radius 1 is 1.57 bits per heavy atom. The molecule has 0 radical (unpaired) electrons. The molecule has 1 aromatic rings. The number of nitrogens with two attached hydrogens (primary N) is 2. The number of hydrogen-bond acceptors (Lipinski definition) is 4. The average molecular weight is 278 g/mol. The van der Waals surface area contributed by atoms with Crippen LogP contribution in [0.25, 0.3) is 0 Å². The fourth-order valence-corrected chi connectivity index (χ4v) is 2.81. The van der Waals surface area contributed by atoms with Crippen LogP contribution < -0.4 is 11.5 Å². The molecule has 1 heterocycles. The van der Waals surface area contributed by atoms with Crippen molar-refractivity contribution in [3.05, 3.63) is 20.8 Å². The SMILES string of the molecule is CN(Cc1ccc(Br)s1)CC(N)CN. The monoisotopic (exact) mass is 277 g/mol. The second-order valence-corrected chi connectivity index (χ2v) is 5.95. The molecule has 1 rings (SSSR count). The summed E-state index contributed by atoms with van der Waals surface area (Å²) in [6.45, 7) is 2.31. The van der Waals surface area contributed by atoms with Gasteiger partial charge in [-0.1, -0.05) is 0 Å². The van der Waals surface area contributed by atoms with E-state index in [-0.39, 0.29) is 6.04 Å². The molecule has 1 unspecified atom stereocenters. The quantitative estimate of drug-likeness (QED) is 0.851. The minimum absolute atomic E-state index is 0.0726. The highest BCUT2D eigenvalue weighted by Crippen LogP contribution is 2.22. The summed E-state index contributed by atoms with van der Waals surface area (Å²) in [6.07, 6.45) is 0. The van der Waals surface area contributed by atoms with E-state index in [4.69, 9.17) is 11.5 Å². The summed E-state index contributed by atoms with van der Waals surface area (Å²) >= 11 is 5.20. The van der Waals surface area contributed by atoms with Gasteiger partial charge in [0.25, 0.3) is 0 Å². The van der Waals surface area contributed by atoms with Crippen LogP contribution in [-0.2, 0) is 6.54 Å². The van der Waals surface area contributed by atoms with E-state index >= 15 is 0 Å². The number of likely N-dealkylation sites (N-methyl/N-ethyl adjacent to an activating group) is 1. The molecule has 4 N–H and O–H groups in total. The Bertz CT molecular complexity index is 277. The van der Waals surface area contributed by atoms with Crippen LogP contribution in [0.4, 0.5) is 0 Å². The van der Waals surface area contributed by atoms with Crippen LogP contribution in [0.3, 0.4) is 0 Å². The predicted molar refractivity (Wildman–Crippen MR) is 65.4 cm³/mol. The minimum atomic E-state index is 0.0726. The van der Waals surface area contributed by atoms with Gasteiger partial charge in [0.15, 0.2) is 0 Å². The minimum Gasteiger partial charge on any atom is -0.329 e. The van der Waals surface area contributed by atoms with E-state index in [9.17, 15) is 0 Å². The Morgan fingerprint density at radius 2 is 2.29 bits per heavy atom. The molecule has 0 saturated heterocycles. The first-order valence-electron chi connectivity index (χ1n) is 4.50. The molecule has 0 saturated carbocycles. The van der Waals surface area contributed by atoms with Crippen molar-refractivity contribution in [2.75, 3.05) is 20.1 Å². The van der Waals surface area contributed by atoms with Crippen LogP contribution in [0.1, 0.15) is 4.88 Å². The molecule has 80 valence electrons. The molecule has 3 nitrogen and oxygen atoms in total. The van der Waals surface area contributed by atoms with Crippen molar-refractivity contribution in [1.82, 2.24) is 4.90 Å². The first kappa shape index (κ1) is 12.1. The van der Waals surface area contributed by atoms with Gasteiger partial charge in [-0.25, -0.2) is 0 Å². The molecule has 0 amide bonds. The average Bonchev–Trinajstić information content (AvgIpc) is 2.50. The van der Waals surface area contributed by atoms with Crippen LogP contribution >= 0.6 is 27.3 Å². The summed E-state index contributed by atoms with van der Waals surface area (Å²) in [6, 6.07) is 4.26. The van der Waals surface area contributed by atoms with E-state index in [1.165, 1.54) is 8.66 Å². The molecule has 0 aliphatic rings. The zero-order chi connectivity index (χ0) is 10.6. The molecule has 0 bridgehead atoms. The van der Waals surface area contributed by atoms with Gasteiger partial charge in [-0.15, -0.1) is 11.3 Å². The van der Waals surface area contributed by atoms with Crippen molar-refractivity contribution in [3.63, 3.8) is 0 Å². The molecule has 5 heteroatoms. The number of hydrogen-bond donors (Lipinski definition) is 2. The summed E-state index contributed by atoms with van der Waals surface area (Å²) in [7, 11) is 2.06. The molecule has 0 spiro atoms. The van der Waals surface area contributed by atoms with Crippen molar-refractivity contribution in [1.29, 1.82) is 0 Å². The van der Waals surface area contributed by atoms with Gasteiger partial charge >= 0.3 is 0 Å². The Kier molecular flexibility index (Phi) is 5.05. The second kappa shape index (κ2) is 5.82. The van der Waals surface area contributed by atoms with Crippen LogP contribution in [0.5, 0.6) is 0 Å². The van der Waals surface area contributed by atoms with E-state index < -0.39 is 0 Å². The van der Waals surface area contributed by atoms with Crippen molar-refractivity contribution < 1.29 is 0 Å². The van der Waals surface area contributed by atoms with Crippen molar-refractivity contribution >= 4 is 27.3 Å². The number of halogens is 1. The van der Waals surface area contributed by atoms with Crippen LogP contribution in [0.2, 0.25) is 0 Å². The molecule has 0 fully saturated rings. The zero-order valence-electron chi connectivity index (χ0n) is 8.24. The van der Waals surface area contributed by atoms with Gasteiger partial charge in [0.2, 0.25) is 0 Å². The lowest BCUT2D eigenvalue weighted by Gasteiger charge is -2.19. The summed E-state index contributed by atoms with van der Waals surface area (Å²) in [5.41, 5.74) is 11.2. The molecule has 1 aromatic heterocycles. The third-order valence-corrected chi connectivity index (χ3v) is 3.51. The highest BCUT2D eigenvalue weighted by Gasteiger charge is 2.06. The third kappa shape index (κ3) is 4.06. The first-order chi connectivity index (χ1) is 6.61. The third-order valence-electron chi connectivity index (χ3n) is 1.90. The second-order valence-electron chi connectivity index (χ2n) is 3.40. The zero-order valence-corrected chi connectivity index (χ0v) is 10.6. The van der Waals surface area contributed by atoms with Gasteiger partial charge in [0.1, 0.15) is 0 Å². The largest absolute Gasteiger partial charge is 0.329 e. The van der Waals surface area contributed by atoms with E-state index in [1.54, 1.807) is 11.3 Å². The maximum atomic E-state index is 5.76. The van der Waals surface area contributed by atoms with E-state index in [1.807, 2.05) is 0 Å². The van der Waals surface area contributed by atoms with Gasteiger partial charge in [-0.05, 0) is 35.1 Å². The van der Waals surface area contributed by atoms with Crippen LogP contribution in [-0.4, -0.2) is 31.1 Å². The summed E-state index contributed by atoms with van der Waals surface area (Å²) in [5.74, 6) is 0. The predicted octanol–water partition coefficient (Wildman–Crippen LogP) is 1.23. The smallest absolute Gasteiger partial charge is 0.0701 e. The molecule has 0 aromatic carbocycles. The van der Waals surface area contributed by atoms with Gasteiger partial charge in [-0.2, -0.15) is 0 Å². The van der Waals surface area contributed by atoms with E-state index in [2.05, 4.69) is 40.0 Å². The highest BCUT2D eigenvalue weighted by molar-refractivity contribution is 9.11. The molecule has 0 aliphatic carbocycles. The number of nitrogens with zero attached hydrogens (tertiary/aromatic N) is 1. The fourth-order valence-electron chi connectivity index (χ4n) is 1.24. The summed E-state index contributed by atoms with van der Waals surface area (Å²) < 4.78 is 1.17. The van der Waals surface area contributed by atoms with Crippen LogP contribution in [0, 0.1) is 0 Å². The standard InChI is InChI=1S/C9H16BrN3S/c1-13(5-7(12)4-11)6-8-2-3-9(10)14-8/h2-3,7H,4-6,11-12H2,1H3. The maximum Gasteiger partial charge on any atom is 0.0701 e. The summed E-state index contributed by atoms with van der Waals surface area (Å²) in [5, 5.41) is 0. The normalized spacial score (nSPS) is 13.5. The number of rotatable bonds is 5. The van der Waals surface area contributed by atoms with Gasteiger partial charge in [0, 0.05) is 30.6 Å². The lowest BCUT2D eigenvalue weighted by atomic mass is 10.3. The van der Waals surface area contributed by atoms with Gasteiger partial charge in [0.05, 0.1) is 3.79 Å². The highest BCUT2D eigenvalue weighted by atomic mass is 79.9. The lowest BCUT2D eigenvalue weighted by Crippen LogP contribution is -2.40. The molecular formula is C9H16BrN3S. The van der Waals surface area contributed by atoms with Crippen LogP contribution in [0.15, 0.2) is 15.9 Å². The topological polar surface area (TPSA) is 55.3 Å². The number of thiophene rings is 1. The molecule has 0 aliphatic heterocycles. The fraction of sp³-hybridized carbons (Fsp3) is 0.556. The van der Waals surface area contributed by atoms with E-state index in [0.29, 0.717) is 6.54 Å². The Hall–Kier alpha value is 0.0600. The van der Waals surface area contributed by atoms with Gasteiger partial charge in [-0.3, -0.25) is 4.90 Å². The van der Waals surface area contributed by atoms with Gasteiger partial charge < -0.3 is 11.5 Å². The Morgan fingerprint density at radius 3 is 2.79 bits per heavy atom. The molecule has 1 atom stereocenters.